The van der Waals surface area contributed by atoms with Gasteiger partial charge in [0.05, 0.1) is 18.8 Å². The first-order chi connectivity index (χ1) is 13.5. The Morgan fingerprint density at radius 2 is 1.86 bits per heavy atom. The summed E-state index contributed by atoms with van der Waals surface area (Å²) in [7, 11) is 1.55. The van der Waals surface area contributed by atoms with Crippen LogP contribution < -0.4 is 14.8 Å². The predicted octanol–water partition coefficient (Wildman–Crippen LogP) is 4.49. The van der Waals surface area contributed by atoms with E-state index in [9.17, 15) is 4.79 Å². The van der Waals surface area contributed by atoms with Crippen LogP contribution in [0.5, 0.6) is 11.5 Å². The van der Waals surface area contributed by atoms with E-state index in [1.54, 1.807) is 61.7 Å². The normalized spacial score (nSPS) is 10.8. The number of anilines is 1. The molecule has 0 aliphatic rings. The number of aliphatic hydroxyl groups is 1. The molecule has 146 valence electrons. The molecule has 2 N–H and O–H groups in total. The number of ether oxygens (including phenoxy) is 2. The lowest BCUT2D eigenvalue weighted by molar-refractivity contribution is 0.102. The number of rotatable bonds is 7. The van der Waals surface area contributed by atoms with Crippen LogP contribution in [-0.2, 0) is 6.61 Å². The van der Waals surface area contributed by atoms with E-state index in [0.717, 1.165) is 11.3 Å². The molecule has 6 heteroatoms. The van der Waals surface area contributed by atoms with Gasteiger partial charge < -0.3 is 24.3 Å². The molecule has 0 aliphatic heterocycles. The average Bonchev–Trinajstić information content (AvgIpc) is 3.17. The van der Waals surface area contributed by atoms with Gasteiger partial charge in [-0.3, -0.25) is 4.79 Å². The minimum absolute atomic E-state index is 0.0771. The van der Waals surface area contributed by atoms with E-state index in [1.807, 2.05) is 13.8 Å². The SMILES string of the molecule is COc1cc(NC(=O)c2ccc(OC(C)C)cc2)ccc1-c1ccc(CO)o1. The van der Waals surface area contributed by atoms with Gasteiger partial charge in [0.1, 0.15) is 29.6 Å². The summed E-state index contributed by atoms with van der Waals surface area (Å²) < 4.78 is 16.6. The van der Waals surface area contributed by atoms with E-state index in [-0.39, 0.29) is 18.6 Å². The molecule has 0 unspecified atom stereocenters. The number of aliphatic hydroxyl groups excluding tert-OH is 1. The summed E-state index contributed by atoms with van der Waals surface area (Å²) in [5, 5.41) is 12.0. The zero-order valence-electron chi connectivity index (χ0n) is 16.1. The monoisotopic (exact) mass is 381 g/mol. The number of hydrogen-bond donors (Lipinski definition) is 2. The van der Waals surface area contributed by atoms with Crippen molar-refractivity contribution in [3.05, 3.63) is 65.9 Å². The number of nitrogens with one attached hydrogen (secondary N) is 1. The van der Waals surface area contributed by atoms with Crippen molar-refractivity contribution in [2.24, 2.45) is 0 Å². The highest BCUT2D eigenvalue weighted by atomic mass is 16.5. The molecule has 0 spiro atoms. The largest absolute Gasteiger partial charge is 0.496 e. The van der Waals surface area contributed by atoms with E-state index in [0.29, 0.717) is 28.5 Å². The van der Waals surface area contributed by atoms with Crippen LogP contribution >= 0.6 is 0 Å². The van der Waals surface area contributed by atoms with E-state index >= 15 is 0 Å². The fraction of sp³-hybridized carbons (Fsp3) is 0.227. The minimum Gasteiger partial charge on any atom is -0.496 e. The first-order valence-electron chi connectivity index (χ1n) is 8.96. The van der Waals surface area contributed by atoms with Crippen molar-refractivity contribution < 1.29 is 23.8 Å². The Hall–Kier alpha value is -3.25. The highest BCUT2D eigenvalue weighted by molar-refractivity contribution is 6.04. The van der Waals surface area contributed by atoms with Crippen molar-refractivity contribution in [1.29, 1.82) is 0 Å². The Morgan fingerprint density at radius 1 is 1.11 bits per heavy atom. The molecule has 0 bridgehead atoms. The lowest BCUT2D eigenvalue weighted by Gasteiger charge is -2.12. The Labute approximate surface area is 163 Å². The molecule has 3 aromatic rings. The summed E-state index contributed by atoms with van der Waals surface area (Å²) in [4.78, 5) is 12.5. The topological polar surface area (TPSA) is 80.9 Å². The maximum Gasteiger partial charge on any atom is 0.255 e. The van der Waals surface area contributed by atoms with Crippen molar-refractivity contribution in [2.45, 2.75) is 26.6 Å². The number of carbonyl (C=O) groups excluding carboxylic acids is 1. The van der Waals surface area contributed by atoms with Crippen LogP contribution in [0.4, 0.5) is 5.69 Å². The van der Waals surface area contributed by atoms with Crippen LogP contribution in [0, 0.1) is 0 Å². The van der Waals surface area contributed by atoms with Crippen LogP contribution in [0.25, 0.3) is 11.3 Å². The number of hydrogen-bond acceptors (Lipinski definition) is 5. The molecule has 3 rings (SSSR count). The lowest BCUT2D eigenvalue weighted by atomic mass is 10.1. The number of methoxy groups -OCH3 is 1. The maximum atomic E-state index is 12.5. The van der Waals surface area contributed by atoms with Crippen molar-refractivity contribution in [2.75, 3.05) is 12.4 Å². The van der Waals surface area contributed by atoms with Gasteiger partial charge in [-0.05, 0) is 62.4 Å². The first kappa shape index (κ1) is 19.5. The maximum absolute atomic E-state index is 12.5. The number of amides is 1. The van der Waals surface area contributed by atoms with E-state index in [1.165, 1.54) is 0 Å². The summed E-state index contributed by atoms with van der Waals surface area (Å²) in [5.74, 6) is 2.10. The van der Waals surface area contributed by atoms with Crippen LogP contribution in [0.1, 0.15) is 30.0 Å². The van der Waals surface area contributed by atoms with Crippen molar-refractivity contribution >= 4 is 11.6 Å². The third kappa shape index (κ3) is 4.53. The molecule has 1 aromatic heterocycles. The zero-order valence-corrected chi connectivity index (χ0v) is 16.1. The summed E-state index contributed by atoms with van der Waals surface area (Å²) >= 11 is 0. The molecule has 6 nitrogen and oxygen atoms in total. The highest BCUT2D eigenvalue weighted by Gasteiger charge is 2.13. The standard InChI is InChI=1S/C22H23NO5/c1-14(2)27-17-7-4-15(5-8-17)22(25)23-16-6-10-19(21(12-16)26-3)20-11-9-18(13-24)28-20/h4-12,14,24H,13H2,1-3H3,(H,23,25). The van der Waals surface area contributed by atoms with E-state index in [4.69, 9.17) is 19.0 Å². The molecule has 1 amide bonds. The lowest BCUT2D eigenvalue weighted by Crippen LogP contribution is -2.12. The van der Waals surface area contributed by atoms with Gasteiger partial charge in [0.15, 0.2) is 0 Å². The molecule has 28 heavy (non-hydrogen) atoms. The van der Waals surface area contributed by atoms with E-state index in [2.05, 4.69) is 5.32 Å². The molecule has 1 heterocycles. The molecule has 0 radical (unpaired) electrons. The van der Waals surface area contributed by atoms with Crippen LogP contribution in [-0.4, -0.2) is 24.2 Å². The van der Waals surface area contributed by atoms with Gasteiger partial charge >= 0.3 is 0 Å². The Balaban J connectivity index is 1.76. The third-order valence-corrected chi connectivity index (χ3v) is 4.03. The van der Waals surface area contributed by atoms with Crippen LogP contribution in [0.3, 0.4) is 0 Å². The van der Waals surface area contributed by atoms with Crippen LogP contribution in [0.15, 0.2) is 59.0 Å². The van der Waals surface area contributed by atoms with Crippen molar-refractivity contribution in [3.8, 4) is 22.8 Å². The molecule has 0 saturated heterocycles. The first-order valence-corrected chi connectivity index (χ1v) is 8.96. The summed E-state index contributed by atoms with van der Waals surface area (Å²) in [6.07, 6.45) is 0.0771. The highest BCUT2D eigenvalue weighted by Crippen LogP contribution is 2.33. The Morgan fingerprint density at radius 3 is 2.46 bits per heavy atom. The molecular formula is C22H23NO5. The number of furan rings is 1. The Bertz CT molecular complexity index is 944. The molecule has 0 saturated carbocycles. The fourth-order valence-corrected chi connectivity index (χ4v) is 2.74. The minimum atomic E-state index is -0.230. The molecule has 0 atom stereocenters. The molecular weight excluding hydrogens is 358 g/mol. The summed E-state index contributed by atoms with van der Waals surface area (Å²) in [6.45, 7) is 3.73. The van der Waals surface area contributed by atoms with Gasteiger partial charge in [0.25, 0.3) is 5.91 Å². The number of carbonyl (C=O) groups is 1. The molecule has 0 aliphatic carbocycles. The Kier molecular flexibility index (Phi) is 6.01. The average molecular weight is 381 g/mol. The predicted molar refractivity (Wildman–Crippen MR) is 107 cm³/mol. The second-order valence-electron chi connectivity index (χ2n) is 6.48. The van der Waals surface area contributed by atoms with Gasteiger partial charge in [-0.25, -0.2) is 0 Å². The summed E-state index contributed by atoms with van der Waals surface area (Å²) in [6, 6.07) is 15.8. The van der Waals surface area contributed by atoms with Gasteiger partial charge in [0.2, 0.25) is 0 Å². The number of benzene rings is 2. The van der Waals surface area contributed by atoms with Gasteiger partial charge in [-0.15, -0.1) is 0 Å². The second-order valence-corrected chi connectivity index (χ2v) is 6.48. The molecule has 2 aromatic carbocycles. The fourth-order valence-electron chi connectivity index (χ4n) is 2.74. The quantitative estimate of drug-likeness (QED) is 0.630. The van der Waals surface area contributed by atoms with Gasteiger partial charge in [0, 0.05) is 17.3 Å². The zero-order chi connectivity index (χ0) is 20.1. The van der Waals surface area contributed by atoms with Crippen LogP contribution in [0.2, 0.25) is 0 Å². The smallest absolute Gasteiger partial charge is 0.255 e. The van der Waals surface area contributed by atoms with Gasteiger partial charge in [-0.1, -0.05) is 0 Å². The third-order valence-electron chi connectivity index (χ3n) is 4.03. The second kappa shape index (κ2) is 8.63. The summed E-state index contributed by atoms with van der Waals surface area (Å²) in [5.41, 5.74) is 1.86. The van der Waals surface area contributed by atoms with Crippen molar-refractivity contribution in [1.82, 2.24) is 0 Å². The van der Waals surface area contributed by atoms with E-state index < -0.39 is 0 Å². The molecule has 0 fully saturated rings. The van der Waals surface area contributed by atoms with Crippen molar-refractivity contribution in [3.63, 3.8) is 0 Å². The van der Waals surface area contributed by atoms with Gasteiger partial charge in [-0.2, -0.15) is 0 Å².